The Morgan fingerprint density at radius 1 is 1.40 bits per heavy atom. The van der Waals surface area contributed by atoms with Crippen molar-refractivity contribution in [1.82, 2.24) is 15.2 Å². The van der Waals surface area contributed by atoms with E-state index in [1.165, 1.54) is 18.2 Å². The predicted molar refractivity (Wildman–Crippen MR) is 77.1 cm³/mol. The molecule has 0 saturated carbocycles. The van der Waals surface area contributed by atoms with Crippen LogP contribution in [0.3, 0.4) is 0 Å². The molecule has 1 heterocycles. The fourth-order valence-electron chi connectivity index (χ4n) is 1.47. The minimum absolute atomic E-state index is 0.0474. The zero-order valence-corrected chi connectivity index (χ0v) is 12.9. The molecule has 0 aliphatic carbocycles. The number of halogens is 2. The summed E-state index contributed by atoms with van der Waals surface area (Å²) in [5.74, 6) is -0.168. The lowest BCUT2D eigenvalue weighted by atomic mass is 9.96. The second kappa shape index (κ2) is 5.32. The number of carbonyl (C=O) groups is 1. The molecule has 5 nitrogen and oxygen atoms in total. The molecule has 0 atom stereocenters. The number of aromatic amines is 1. The van der Waals surface area contributed by atoms with Crippen LogP contribution in [0.4, 0.5) is 10.1 Å². The highest BCUT2D eigenvalue weighted by atomic mass is 79.9. The molecule has 0 radical (unpaired) electrons. The molecule has 1 amide bonds. The third-order valence-electron chi connectivity index (χ3n) is 2.58. The highest BCUT2D eigenvalue weighted by Crippen LogP contribution is 2.23. The predicted octanol–water partition coefficient (Wildman–Crippen LogP) is 3.26. The minimum Gasteiger partial charge on any atom is -0.318 e. The van der Waals surface area contributed by atoms with Gasteiger partial charge in [-0.15, -0.1) is 5.10 Å². The van der Waals surface area contributed by atoms with Crippen LogP contribution in [-0.2, 0) is 5.41 Å². The molecule has 1 aromatic heterocycles. The monoisotopic (exact) mass is 340 g/mol. The van der Waals surface area contributed by atoms with Gasteiger partial charge in [-0.3, -0.25) is 9.89 Å². The third-order valence-corrected chi connectivity index (χ3v) is 3.23. The molecule has 0 saturated heterocycles. The van der Waals surface area contributed by atoms with Crippen molar-refractivity contribution in [3.8, 4) is 0 Å². The molecule has 0 bridgehead atoms. The average molecular weight is 341 g/mol. The Morgan fingerprint density at radius 2 is 2.10 bits per heavy atom. The molecule has 2 N–H and O–H groups in total. The summed E-state index contributed by atoms with van der Waals surface area (Å²) in [5, 5.41) is 9.25. The summed E-state index contributed by atoms with van der Waals surface area (Å²) < 4.78 is 13.4. The van der Waals surface area contributed by atoms with E-state index in [0.717, 1.165) is 0 Å². The van der Waals surface area contributed by atoms with Gasteiger partial charge < -0.3 is 5.32 Å². The van der Waals surface area contributed by atoms with Crippen molar-refractivity contribution in [2.24, 2.45) is 0 Å². The van der Waals surface area contributed by atoms with E-state index in [2.05, 4.69) is 36.4 Å². The van der Waals surface area contributed by atoms with E-state index in [9.17, 15) is 9.18 Å². The van der Waals surface area contributed by atoms with Crippen molar-refractivity contribution >= 4 is 27.5 Å². The van der Waals surface area contributed by atoms with E-state index in [4.69, 9.17) is 0 Å². The van der Waals surface area contributed by atoms with Gasteiger partial charge in [0.1, 0.15) is 11.6 Å². The lowest BCUT2D eigenvalue weighted by Gasteiger charge is -2.12. The lowest BCUT2D eigenvalue weighted by Crippen LogP contribution is -2.16. The maximum absolute atomic E-state index is 13.0. The van der Waals surface area contributed by atoms with E-state index < -0.39 is 5.91 Å². The topological polar surface area (TPSA) is 70.7 Å². The summed E-state index contributed by atoms with van der Waals surface area (Å²) in [6, 6.07) is 4.00. The Hall–Kier alpha value is -1.76. The Balaban J connectivity index is 2.18. The maximum atomic E-state index is 13.0. The zero-order chi connectivity index (χ0) is 14.9. The molecule has 0 aliphatic rings. The van der Waals surface area contributed by atoms with Gasteiger partial charge in [0, 0.05) is 9.89 Å². The first-order chi connectivity index (χ1) is 9.27. The number of nitrogens with one attached hydrogen (secondary N) is 2. The number of anilines is 1. The Kier molecular flexibility index (Phi) is 3.89. The number of hydrogen-bond donors (Lipinski definition) is 2. The summed E-state index contributed by atoms with van der Waals surface area (Å²) in [7, 11) is 0. The molecule has 0 aliphatic heterocycles. The van der Waals surface area contributed by atoms with Crippen LogP contribution in [0.2, 0.25) is 0 Å². The Morgan fingerprint density at radius 3 is 2.65 bits per heavy atom. The number of nitrogens with zero attached hydrogens (tertiary/aromatic N) is 2. The van der Waals surface area contributed by atoms with Gasteiger partial charge in [-0.25, -0.2) is 9.37 Å². The smallest absolute Gasteiger partial charge is 0.295 e. The number of carbonyl (C=O) groups excluding carboxylic acids is 1. The van der Waals surface area contributed by atoms with Crippen molar-refractivity contribution in [3.05, 3.63) is 40.1 Å². The van der Waals surface area contributed by atoms with Crippen molar-refractivity contribution in [3.63, 3.8) is 0 Å². The number of amides is 1. The van der Waals surface area contributed by atoms with Crippen LogP contribution in [0, 0.1) is 5.82 Å². The van der Waals surface area contributed by atoms with E-state index in [1.807, 2.05) is 20.8 Å². The standard InChI is InChI=1S/C13H14BrFN4O/c1-13(2,3)12-17-10(18-19-12)11(20)16-9-5-4-7(15)6-8(9)14/h4-6H,1-3H3,(H,16,20)(H,17,18,19). The molecule has 106 valence electrons. The fourth-order valence-corrected chi connectivity index (χ4v) is 1.92. The van der Waals surface area contributed by atoms with E-state index in [0.29, 0.717) is 16.0 Å². The summed E-state index contributed by atoms with van der Waals surface area (Å²) in [4.78, 5) is 16.2. The second-order valence-corrected chi connectivity index (χ2v) is 6.19. The molecule has 7 heteroatoms. The highest BCUT2D eigenvalue weighted by molar-refractivity contribution is 9.10. The van der Waals surface area contributed by atoms with Gasteiger partial charge in [0.25, 0.3) is 5.91 Å². The van der Waals surface area contributed by atoms with Gasteiger partial charge in [0.05, 0.1) is 5.69 Å². The maximum Gasteiger partial charge on any atom is 0.295 e. The fraction of sp³-hybridized carbons (Fsp3) is 0.308. The largest absolute Gasteiger partial charge is 0.318 e. The van der Waals surface area contributed by atoms with Gasteiger partial charge >= 0.3 is 0 Å². The van der Waals surface area contributed by atoms with E-state index >= 15 is 0 Å². The molecular formula is C13H14BrFN4O. The van der Waals surface area contributed by atoms with Crippen LogP contribution >= 0.6 is 15.9 Å². The van der Waals surface area contributed by atoms with Gasteiger partial charge in [-0.1, -0.05) is 20.8 Å². The number of rotatable bonds is 2. The normalized spacial score (nSPS) is 11.4. The quantitative estimate of drug-likeness (QED) is 0.881. The van der Waals surface area contributed by atoms with Crippen LogP contribution in [0.25, 0.3) is 0 Å². The van der Waals surface area contributed by atoms with E-state index in [1.54, 1.807) is 0 Å². The van der Waals surface area contributed by atoms with Gasteiger partial charge in [-0.05, 0) is 34.1 Å². The molecule has 0 unspecified atom stereocenters. The molecule has 20 heavy (non-hydrogen) atoms. The summed E-state index contributed by atoms with van der Waals surface area (Å²) in [6.07, 6.45) is 0. The average Bonchev–Trinajstić information content (AvgIpc) is 2.82. The third kappa shape index (κ3) is 3.22. The van der Waals surface area contributed by atoms with Gasteiger partial charge in [0.2, 0.25) is 5.82 Å². The van der Waals surface area contributed by atoms with Crippen molar-refractivity contribution in [1.29, 1.82) is 0 Å². The summed E-state index contributed by atoms with van der Waals surface area (Å²) in [6.45, 7) is 5.89. The summed E-state index contributed by atoms with van der Waals surface area (Å²) >= 11 is 3.18. The van der Waals surface area contributed by atoms with Crippen LogP contribution in [-0.4, -0.2) is 21.1 Å². The second-order valence-electron chi connectivity index (χ2n) is 5.34. The lowest BCUT2D eigenvalue weighted by molar-refractivity contribution is 0.101. The van der Waals surface area contributed by atoms with Gasteiger partial charge in [-0.2, -0.15) is 0 Å². The minimum atomic E-state index is -0.455. The van der Waals surface area contributed by atoms with Crippen molar-refractivity contribution in [2.45, 2.75) is 26.2 Å². The molecule has 1 aromatic carbocycles. The first kappa shape index (κ1) is 14.6. The van der Waals surface area contributed by atoms with Crippen molar-refractivity contribution < 1.29 is 9.18 Å². The first-order valence-corrected chi connectivity index (χ1v) is 6.76. The number of benzene rings is 1. The molecule has 0 fully saturated rings. The summed E-state index contributed by atoms with van der Waals surface area (Å²) in [5.41, 5.74) is 0.237. The van der Waals surface area contributed by atoms with Crippen LogP contribution < -0.4 is 5.32 Å². The zero-order valence-electron chi connectivity index (χ0n) is 11.3. The molecule has 2 rings (SSSR count). The van der Waals surface area contributed by atoms with E-state index in [-0.39, 0.29) is 17.1 Å². The van der Waals surface area contributed by atoms with Crippen LogP contribution in [0.5, 0.6) is 0 Å². The van der Waals surface area contributed by atoms with Crippen LogP contribution in [0.1, 0.15) is 37.2 Å². The molecule has 2 aromatic rings. The molecule has 0 spiro atoms. The Labute approximate surface area is 124 Å². The van der Waals surface area contributed by atoms with Crippen molar-refractivity contribution in [2.75, 3.05) is 5.32 Å². The first-order valence-electron chi connectivity index (χ1n) is 5.96. The number of aromatic nitrogens is 3. The van der Waals surface area contributed by atoms with Gasteiger partial charge in [0.15, 0.2) is 0 Å². The Bertz CT molecular complexity index is 648. The highest BCUT2D eigenvalue weighted by Gasteiger charge is 2.21. The molecular weight excluding hydrogens is 327 g/mol. The SMILES string of the molecule is CC(C)(C)c1nc(C(=O)Nc2ccc(F)cc2Br)n[nH]1. The van der Waals surface area contributed by atoms with Crippen LogP contribution in [0.15, 0.2) is 22.7 Å². The number of hydrogen-bond acceptors (Lipinski definition) is 3. The number of H-pyrrole nitrogens is 1.